The molecule has 0 aromatic heterocycles. The number of hydrogen-bond donors (Lipinski definition) is 1. The Kier molecular flexibility index (Phi) is 5.88. The first kappa shape index (κ1) is 19.7. The zero-order valence-corrected chi connectivity index (χ0v) is 17.5. The van der Waals surface area contributed by atoms with Gasteiger partial charge in [-0.2, -0.15) is 0 Å². The van der Waals surface area contributed by atoms with E-state index in [0.717, 1.165) is 37.7 Å². The predicted molar refractivity (Wildman–Crippen MR) is 115 cm³/mol. The maximum absolute atomic E-state index is 12.4. The molecule has 0 heterocycles. The van der Waals surface area contributed by atoms with E-state index < -0.39 is 10.0 Å². The van der Waals surface area contributed by atoms with Crippen molar-refractivity contribution in [3.8, 4) is 0 Å². The van der Waals surface area contributed by atoms with Gasteiger partial charge in [0.1, 0.15) is 0 Å². The average Bonchev–Trinajstić information content (AvgIpc) is 2.96. The molecule has 1 fully saturated rings. The molecule has 2 aromatic rings. The second-order valence-corrected chi connectivity index (χ2v) is 10.5. The van der Waals surface area contributed by atoms with E-state index in [4.69, 9.17) is 0 Å². The normalized spacial score (nSPS) is 22.0. The lowest BCUT2D eigenvalue weighted by Crippen LogP contribution is -2.38. The Morgan fingerprint density at radius 2 is 1.82 bits per heavy atom. The third-order valence-electron chi connectivity index (χ3n) is 6.59. The van der Waals surface area contributed by atoms with Crippen LogP contribution in [0.4, 0.5) is 0 Å². The smallest absolute Gasteiger partial charge is 0.212 e. The third kappa shape index (κ3) is 4.18. The molecule has 3 nitrogen and oxygen atoms in total. The van der Waals surface area contributed by atoms with Crippen molar-refractivity contribution in [3.05, 3.63) is 70.8 Å². The monoisotopic (exact) mass is 397 g/mol. The number of fused-ring (bicyclic) bond motifs is 1. The summed E-state index contributed by atoms with van der Waals surface area (Å²) in [5.41, 5.74) is 5.35. The van der Waals surface area contributed by atoms with Gasteiger partial charge in [-0.05, 0) is 66.2 Å². The molecule has 4 rings (SSSR count). The standard InChI is InChI=1S/C24H31NO2S/c1-2-7-20-16-21-13-12-19(17-25-28(26,27)22-10-6-11-22)15-24(21)23(20)14-18-8-4-3-5-9-18/h3-5,8-9,12-13,15,20,22-23,25H,2,6-7,10-11,14,16-17H2,1H3. The number of hydrogen-bond acceptors (Lipinski definition) is 2. The predicted octanol–water partition coefficient (Wildman–Crippen LogP) is 4.96. The Morgan fingerprint density at radius 3 is 2.50 bits per heavy atom. The van der Waals surface area contributed by atoms with Gasteiger partial charge in [-0.15, -0.1) is 0 Å². The van der Waals surface area contributed by atoms with E-state index >= 15 is 0 Å². The molecule has 1 N–H and O–H groups in total. The third-order valence-corrected chi connectivity index (χ3v) is 8.48. The van der Waals surface area contributed by atoms with Crippen LogP contribution in [-0.4, -0.2) is 13.7 Å². The van der Waals surface area contributed by atoms with Crippen LogP contribution in [-0.2, 0) is 29.4 Å². The minimum absolute atomic E-state index is 0.179. The van der Waals surface area contributed by atoms with E-state index in [0.29, 0.717) is 18.4 Å². The highest BCUT2D eigenvalue weighted by Gasteiger charge is 2.33. The van der Waals surface area contributed by atoms with Crippen LogP contribution < -0.4 is 4.72 Å². The number of sulfonamides is 1. The van der Waals surface area contributed by atoms with Gasteiger partial charge in [0.05, 0.1) is 5.25 Å². The molecule has 2 unspecified atom stereocenters. The molecule has 0 bridgehead atoms. The first-order valence-corrected chi connectivity index (χ1v) is 12.3. The Bertz CT molecular complexity index is 903. The van der Waals surface area contributed by atoms with Gasteiger partial charge in [0, 0.05) is 6.54 Å². The van der Waals surface area contributed by atoms with E-state index in [2.05, 4.69) is 60.2 Å². The van der Waals surface area contributed by atoms with Gasteiger partial charge in [-0.1, -0.05) is 68.3 Å². The molecule has 2 aromatic carbocycles. The van der Waals surface area contributed by atoms with Crippen molar-refractivity contribution < 1.29 is 8.42 Å². The molecule has 0 amide bonds. The highest BCUT2D eigenvalue weighted by Crippen LogP contribution is 2.42. The number of nitrogens with one attached hydrogen (secondary N) is 1. The quantitative estimate of drug-likeness (QED) is 0.684. The van der Waals surface area contributed by atoms with Crippen molar-refractivity contribution in [3.63, 3.8) is 0 Å². The van der Waals surface area contributed by atoms with Crippen molar-refractivity contribution in [2.75, 3.05) is 0 Å². The maximum atomic E-state index is 12.4. The van der Waals surface area contributed by atoms with Crippen LogP contribution in [0.15, 0.2) is 48.5 Å². The molecule has 2 atom stereocenters. The minimum Gasteiger partial charge on any atom is -0.212 e. The lowest BCUT2D eigenvalue weighted by Gasteiger charge is -2.25. The fourth-order valence-corrected chi connectivity index (χ4v) is 6.32. The van der Waals surface area contributed by atoms with Crippen molar-refractivity contribution in [1.82, 2.24) is 4.72 Å². The molecule has 0 radical (unpaired) electrons. The lowest BCUT2D eigenvalue weighted by molar-refractivity contribution is 0.418. The van der Waals surface area contributed by atoms with E-state index in [1.165, 1.54) is 29.5 Å². The fraction of sp³-hybridized carbons (Fsp3) is 0.500. The first-order valence-electron chi connectivity index (χ1n) is 10.7. The molecule has 0 saturated heterocycles. The van der Waals surface area contributed by atoms with E-state index in [9.17, 15) is 8.42 Å². The second kappa shape index (κ2) is 8.38. The summed E-state index contributed by atoms with van der Waals surface area (Å²) in [6, 6.07) is 17.3. The van der Waals surface area contributed by atoms with E-state index in [1.807, 2.05) is 0 Å². The maximum Gasteiger partial charge on any atom is 0.214 e. The summed E-state index contributed by atoms with van der Waals surface area (Å²) < 4.78 is 27.5. The highest BCUT2D eigenvalue weighted by atomic mass is 32.2. The Morgan fingerprint density at radius 1 is 1.04 bits per heavy atom. The van der Waals surface area contributed by atoms with Crippen LogP contribution in [0.2, 0.25) is 0 Å². The number of rotatable bonds is 8. The summed E-state index contributed by atoms with van der Waals surface area (Å²) in [5.74, 6) is 1.21. The van der Waals surface area contributed by atoms with Gasteiger partial charge in [0.15, 0.2) is 0 Å². The van der Waals surface area contributed by atoms with E-state index in [-0.39, 0.29) is 5.25 Å². The van der Waals surface area contributed by atoms with Crippen LogP contribution >= 0.6 is 0 Å². The zero-order valence-electron chi connectivity index (χ0n) is 16.7. The molecular formula is C24H31NO2S. The molecule has 28 heavy (non-hydrogen) atoms. The lowest BCUT2D eigenvalue weighted by atomic mass is 9.84. The molecule has 4 heteroatoms. The van der Waals surface area contributed by atoms with Gasteiger partial charge in [0.2, 0.25) is 10.0 Å². The van der Waals surface area contributed by atoms with Crippen LogP contribution in [0.5, 0.6) is 0 Å². The van der Waals surface area contributed by atoms with Crippen LogP contribution in [0, 0.1) is 5.92 Å². The van der Waals surface area contributed by atoms with Gasteiger partial charge >= 0.3 is 0 Å². The van der Waals surface area contributed by atoms with Gasteiger partial charge in [0.25, 0.3) is 0 Å². The topological polar surface area (TPSA) is 46.2 Å². The fourth-order valence-electron chi connectivity index (χ4n) is 4.77. The Balaban J connectivity index is 1.53. The molecule has 1 saturated carbocycles. The largest absolute Gasteiger partial charge is 0.214 e. The molecular weight excluding hydrogens is 366 g/mol. The van der Waals surface area contributed by atoms with Gasteiger partial charge < -0.3 is 0 Å². The van der Waals surface area contributed by atoms with Crippen molar-refractivity contribution in [2.45, 2.75) is 69.6 Å². The zero-order chi connectivity index (χ0) is 19.6. The van der Waals surface area contributed by atoms with Crippen molar-refractivity contribution in [1.29, 1.82) is 0 Å². The second-order valence-electron chi connectivity index (χ2n) is 8.50. The SMILES string of the molecule is CCCC1Cc2ccc(CNS(=O)(=O)C3CCC3)cc2C1Cc1ccccc1. The molecule has 2 aliphatic rings. The van der Waals surface area contributed by atoms with Crippen molar-refractivity contribution >= 4 is 10.0 Å². The molecule has 0 spiro atoms. The van der Waals surface area contributed by atoms with Crippen LogP contribution in [0.3, 0.4) is 0 Å². The van der Waals surface area contributed by atoms with Crippen LogP contribution in [0.1, 0.15) is 67.2 Å². The Labute approximate surface area is 169 Å². The van der Waals surface area contributed by atoms with Crippen LogP contribution in [0.25, 0.3) is 0 Å². The summed E-state index contributed by atoms with van der Waals surface area (Å²) in [5, 5.41) is -0.179. The average molecular weight is 398 g/mol. The molecule has 0 aliphatic heterocycles. The Hall–Kier alpha value is -1.65. The van der Waals surface area contributed by atoms with Gasteiger partial charge in [-0.3, -0.25) is 0 Å². The first-order chi connectivity index (χ1) is 13.6. The summed E-state index contributed by atoms with van der Waals surface area (Å²) in [6.45, 7) is 2.67. The summed E-state index contributed by atoms with van der Waals surface area (Å²) in [4.78, 5) is 0. The summed E-state index contributed by atoms with van der Waals surface area (Å²) >= 11 is 0. The van der Waals surface area contributed by atoms with Gasteiger partial charge in [-0.25, -0.2) is 13.1 Å². The van der Waals surface area contributed by atoms with E-state index in [1.54, 1.807) is 0 Å². The summed E-state index contributed by atoms with van der Waals surface area (Å²) in [7, 11) is -3.17. The summed E-state index contributed by atoms with van der Waals surface area (Å²) in [6.07, 6.45) is 7.30. The minimum atomic E-state index is -3.17. The molecule has 150 valence electrons. The van der Waals surface area contributed by atoms with Crippen molar-refractivity contribution in [2.24, 2.45) is 5.92 Å². The molecule has 2 aliphatic carbocycles. The number of benzene rings is 2. The highest BCUT2D eigenvalue weighted by molar-refractivity contribution is 7.90.